The van der Waals surface area contributed by atoms with Crippen LogP contribution in [0.5, 0.6) is 5.75 Å². The predicted molar refractivity (Wildman–Crippen MR) is 102 cm³/mol. The Hall–Kier alpha value is -2.31. The molecule has 0 fully saturated rings. The lowest BCUT2D eigenvalue weighted by atomic mass is 10.2. The first-order chi connectivity index (χ1) is 11.5. The molecule has 7 heteroatoms. The Labute approximate surface area is 151 Å². The summed E-state index contributed by atoms with van der Waals surface area (Å²) >= 11 is 11.2. The highest BCUT2D eigenvalue weighted by atomic mass is 35.5. The topological polar surface area (TPSA) is 62.4 Å². The molecule has 0 unspecified atom stereocenters. The molecule has 5 nitrogen and oxygen atoms in total. The number of carbonyl (C=O) groups excluding carboxylic acids is 1. The zero-order chi connectivity index (χ0) is 17.5. The quantitative estimate of drug-likeness (QED) is 0.709. The van der Waals surface area contributed by atoms with Crippen LogP contribution in [0.2, 0.25) is 5.02 Å². The fourth-order valence-electron chi connectivity index (χ4n) is 1.95. The first-order valence-corrected chi connectivity index (χ1v) is 8.02. The van der Waals surface area contributed by atoms with Gasteiger partial charge in [-0.25, -0.2) is 0 Å². The van der Waals surface area contributed by atoms with E-state index in [-0.39, 0.29) is 12.5 Å². The van der Waals surface area contributed by atoms with Gasteiger partial charge in [0.2, 0.25) is 5.91 Å². The van der Waals surface area contributed by atoms with E-state index in [2.05, 4.69) is 16.0 Å². The summed E-state index contributed by atoms with van der Waals surface area (Å²) in [6.45, 7) is 1.90. The number of rotatable bonds is 5. The van der Waals surface area contributed by atoms with Crippen molar-refractivity contribution in [2.75, 3.05) is 24.3 Å². The van der Waals surface area contributed by atoms with Gasteiger partial charge in [-0.05, 0) is 61.1 Å². The van der Waals surface area contributed by atoms with Crippen LogP contribution in [0.1, 0.15) is 5.56 Å². The second-order valence-corrected chi connectivity index (χ2v) is 5.81. The maximum Gasteiger partial charge on any atom is 0.243 e. The van der Waals surface area contributed by atoms with E-state index in [1.54, 1.807) is 25.3 Å². The van der Waals surface area contributed by atoms with Gasteiger partial charge in [0.05, 0.1) is 13.7 Å². The van der Waals surface area contributed by atoms with Crippen LogP contribution in [0.4, 0.5) is 11.4 Å². The van der Waals surface area contributed by atoms with Crippen LogP contribution in [0.15, 0.2) is 42.5 Å². The van der Waals surface area contributed by atoms with Crippen molar-refractivity contribution in [3.05, 3.63) is 53.1 Å². The number of methoxy groups -OCH3 is 1. The van der Waals surface area contributed by atoms with Crippen molar-refractivity contribution >= 4 is 46.2 Å². The Morgan fingerprint density at radius 2 is 1.88 bits per heavy atom. The molecule has 2 rings (SSSR count). The van der Waals surface area contributed by atoms with Crippen LogP contribution in [0, 0.1) is 6.92 Å². The Morgan fingerprint density at radius 3 is 2.54 bits per heavy atom. The second kappa shape index (κ2) is 8.52. The van der Waals surface area contributed by atoms with Crippen molar-refractivity contribution < 1.29 is 9.53 Å². The Morgan fingerprint density at radius 1 is 1.17 bits per heavy atom. The van der Waals surface area contributed by atoms with Gasteiger partial charge in [0.1, 0.15) is 5.75 Å². The highest BCUT2D eigenvalue weighted by molar-refractivity contribution is 7.80. The molecule has 2 aromatic rings. The first kappa shape index (κ1) is 18.0. The normalized spacial score (nSPS) is 9.96. The fraction of sp³-hybridized carbons (Fsp3) is 0.176. The average molecular weight is 364 g/mol. The predicted octanol–water partition coefficient (Wildman–Crippen LogP) is 3.58. The zero-order valence-electron chi connectivity index (χ0n) is 13.4. The van der Waals surface area contributed by atoms with E-state index in [0.717, 1.165) is 17.0 Å². The van der Waals surface area contributed by atoms with Gasteiger partial charge in [-0.1, -0.05) is 17.7 Å². The summed E-state index contributed by atoms with van der Waals surface area (Å²) in [6, 6.07) is 12.7. The highest BCUT2D eigenvalue weighted by Crippen LogP contribution is 2.22. The molecule has 0 aromatic heterocycles. The summed E-state index contributed by atoms with van der Waals surface area (Å²) in [5, 5.41) is 9.62. The third-order valence-electron chi connectivity index (χ3n) is 3.30. The minimum absolute atomic E-state index is 0.0495. The van der Waals surface area contributed by atoms with Gasteiger partial charge in [-0.3, -0.25) is 4.79 Å². The minimum atomic E-state index is -0.209. The summed E-state index contributed by atoms with van der Waals surface area (Å²) in [4.78, 5) is 12.0. The van der Waals surface area contributed by atoms with E-state index in [1.807, 2.05) is 31.2 Å². The minimum Gasteiger partial charge on any atom is -0.497 e. The molecule has 0 radical (unpaired) electrons. The molecule has 0 aliphatic rings. The number of hydrogen-bond acceptors (Lipinski definition) is 3. The van der Waals surface area contributed by atoms with Crippen LogP contribution < -0.4 is 20.7 Å². The number of thiocarbonyl (C=S) groups is 1. The van der Waals surface area contributed by atoms with Crippen LogP contribution in [0.3, 0.4) is 0 Å². The SMILES string of the molecule is COc1ccc(NC(=S)NCC(=O)Nc2cccc(Cl)c2C)cc1. The lowest BCUT2D eigenvalue weighted by Crippen LogP contribution is -2.35. The standard InChI is InChI=1S/C17H18ClN3O2S/c1-11-14(18)4-3-5-15(11)21-16(22)10-19-17(24)20-12-6-8-13(23-2)9-7-12/h3-9H,10H2,1-2H3,(H,21,22)(H2,19,20,24). The van der Waals surface area contributed by atoms with Crippen molar-refractivity contribution in [2.45, 2.75) is 6.92 Å². The average Bonchev–Trinajstić information content (AvgIpc) is 2.58. The second-order valence-electron chi connectivity index (χ2n) is 5.00. The van der Waals surface area contributed by atoms with E-state index in [1.165, 1.54) is 0 Å². The molecule has 0 spiro atoms. The van der Waals surface area contributed by atoms with Gasteiger partial charge in [-0.15, -0.1) is 0 Å². The van der Waals surface area contributed by atoms with Gasteiger partial charge < -0.3 is 20.7 Å². The van der Waals surface area contributed by atoms with Crippen LogP contribution >= 0.6 is 23.8 Å². The monoisotopic (exact) mass is 363 g/mol. The largest absolute Gasteiger partial charge is 0.497 e. The third-order valence-corrected chi connectivity index (χ3v) is 3.96. The number of ether oxygens (including phenoxy) is 1. The Balaban J connectivity index is 1.82. The summed E-state index contributed by atoms with van der Waals surface area (Å²) in [6.07, 6.45) is 0. The number of carbonyl (C=O) groups is 1. The lowest BCUT2D eigenvalue weighted by molar-refractivity contribution is -0.115. The molecule has 3 N–H and O–H groups in total. The Kier molecular flexibility index (Phi) is 6.40. The number of halogens is 1. The van der Waals surface area contributed by atoms with Gasteiger partial charge in [-0.2, -0.15) is 0 Å². The van der Waals surface area contributed by atoms with E-state index in [9.17, 15) is 4.79 Å². The molecule has 0 saturated heterocycles. The van der Waals surface area contributed by atoms with E-state index in [4.69, 9.17) is 28.6 Å². The third kappa shape index (κ3) is 5.11. The molecule has 0 bridgehead atoms. The van der Waals surface area contributed by atoms with Crippen molar-refractivity contribution in [1.82, 2.24) is 5.32 Å². The van der Waals surface area contributed by atoms with Crippen molar-refractivity contribution in [3.63, 3.8) is 0 Å². The first-order valence-electron chi connectivity index (χ1n) is 7.23. The Bertz CT molecular complexity index is 735. The molecule has 0 heterocycles. The fourth-order valence-corrected chi connectivity index (χ4v) is 2.31. The van der Waals surface area contributed by atoms with E-state index >= 15 is 0 Å². The molecule has 1 amide bonds. The summed E-state index contributed by atoms with van der Waals surface area (Å²) < 4.78 is 5.09. The summed E-state index contributed by atoms with van der Waals surface area (Å²) in [7, 11) is 1.61. The van der Waals surface area contributed by atoms with Gasteiger partial charge in [0.15, 0.2) is 5.11 Å². The molecule has 2 aromatic carbocycles. The van der Waals surface area contributed by atoms with E-state index in [0.29, 0.717) is 15.8 Å². The molecular weight excluding hydrogens is 346 g/mol. The zero-order valence-corrected chi connectivity index (χ0v) is 14.9. The van der Waals surface area contributed by atoms with Crippen molar-refractivity contribution in [2.24, 2.45) is 0 Å². The molecular formula is C17H18ClN3O2S. The van der Waals surface area contributed by atoms with Crippen LogP contribution in [-0.2, 0) is 4.79 Å². The number of hydrogen-bond donors (Lipinski definition) is 3. The number of amides is 1. The number of nitrogens with one attached hydrogen (secondary N) is 3. The maximum atomic E-state index is 12.0. The smallest absolute Gasteiger partial charge is 0.243 e. The van der Waals surface area contributed by atoms with E-state index < -0.39 is 0 Å². The maximum absolute atomic E-state index is 12.0. The molecule has 126 valence electrons. The van der Waals surface area contributed by atoms with Gasteiger partial charge >= 0.3 is 0 Å². The van der Waals surface area contributed by atoms with Gasteiger partial charge in [0, 0.05) is 16.4 Å². The summed E-state index contributed by atoms with van der Waals surface area (Å²) in [5.41, 5.74) is 2.31. The molecule has 24 heavy (non-hydrogen) atoms. The molecule has 0 aliphatic carbocycles. The lowest BCUT2D eigenvalue weighted by Gasteiger charge is -2.12. The van der Waals surface area contributed by atoms with Crippen molar-refractivity contribution in [1.29, 1.82) is 0 Å². The molecule has 0 aliphatic heterocycles. The highest BCUT2D eigenvalue weighted by Gasteiger charge is 2.07. The molecule has 0 atom stereocenters. The molecule has 0 saturated carbocycles. The van der Waals surface area contributed by atoms with Gasteiger partial charge in [0.25, 0.3) is 0 Å². The number of anilines is 2. The van der Waals surface area contributed by atoms with Crippen molar-refractivity contribution in [3.8, 4) is 5.75 Å². The summed E-state index contributed by atoms with van der Waals surface area (Å²) in [5.74, 6) is 0.551. The van der Waals surface area contributed by atoms with Crippen LogP contribution in [0.25, 0.3) is 0 Å². The number of benzene rings is 2. The van der Waals surface area contributed by atoms with Crippen LogP contribution in [-0.4, -0.2) is 24.7 Å².